The van der Waals surface area contributed by atoms with Gasteiger partial charge in [0.1, 0.15) is 11.9 Å². The summed E-state index contributed by atoms with van der Waals surface area (Å²) in [5.41, 5.74) is 0. The van der Waals surface area contributed by atoms with Crippen molar-refractivity contribution in [1.82, 2.24) is 14.9 Å². The highest BCUT2D eigenvalue weighted by atomic mass is 16.5. The van der Waals surface area contributed by atoms with E-state index in [0.717, 1.165) is 37.2 Å². The van der Waals surface area contributed by atoms with Crippen LogP contribution in [0.2, 0.25) is 0 Å². The molecule has 0 aromatic carbocycles. The Labute approximate surface area is 121 Å². The minimum Gasteiger partial charge on any atom is -0.369 e. The van der Waals surface area contributed by atoms with Crippen molar-refractivity contribution in [3.05, 3.63) is 18.2 Å². The van der Waals surface area contributed by atoms with Crippen LogP contribution in [0.3, 0.4) is 0 Å². The fourth-order valence-corrected chi connectivity index (χ4v) is 3.50. The zero-order valence-electron chi connectivity index (χ0n) is 12.9. The fourth-order valence-electron chi connectivity index (χ4n) is 3.50. The predicted octanol–water partition coefficient (Wildman–Crippen LogP) is 2.76. The van der Waals surface area contributed by atoms with Crippen molar-refractivity contribution in [3.63, 3.8) is 0 Å². The largest absolute Gasteiger partial charge is 0.369 e. The number of imidazole rings is 1. The molecule has 112 valence electrons. The van der Waals surface area contributed by atoms with Gasteiger partial charge in [0.15, 0.2) is 0 Å². The number of ether oxygens (including phenoxy) is 1. The molecule has 2 fully saturated rings. The van der Waals surface area contributed by atoms with Crippen LogP contribution in [-0.4, -0.2) is 28.2 Å². The summed E-state index contributed by atoms with van der Waals surface area (Å²) in [5, 5.41) is 3.81. The maximum atomic E-state index is 5.95. The monoisotopic (exact) mass is 277 g/mol. The highest BCUT2D eigenvalue weighted by Gasteiger charge is 2.38. The summed E-state index contributed by atoms with van der Waals surface area (Å²) in [4.78, 5) is 4.51. The molecule has 1 aliphatic carbocycles. The summed E-state index contributed by atoms with van der Waals surface area (Å²) in [5.74, 6) is 2.82. The summed E-state index contributed by atoms with van der Waals surface area (Å²) in [6, 6.07) is 1.11. The number of aromatic nitrogens is 2. The van der Waals surface area contributed by atoms with E-state index in [4.69, 9.17) is 4.74 Å². The Hall–Kier alpha value is -0.870. The Kier molecular flexibility index (Phi) is 4.13. The van der Waals surface area contributed by atoms with Crippen LogP contribution in [0, 0.1) is 11.8 Å². The SMILES string of the molecule is CCn1ccnc1[C@H]1OCC[C@@H]1NC1CC(C(C)C)C1. The molecular weight excluding hydrogens is 250 g/mol. The lowest BCUT2D eigenvalue weighted by Crippen LogP contribution is -2.48. The first-order valence-electron chi connectivity index (χ1n) is 8.07. The number of nitrogens with one attached hydrogen (secondary N) is 1. The van der Waals surface area contributed by atoms with E-state index in [9.17, 15) is 0 Å². The van der Waals surface area contributed by atoms with Crippen LogP contribution in [0.15, 0.2) is 12.4 Å². The van der Waals surface area contributed by atoms with Crippen molar-refractivity contribution < 1.29 is 4.74 Å². The number of hydrogen-bond acceptors (Lipinski definition) is 3. The van der Waals surface area contributed by atoms with Crippen LogP contribution in [0.25, 0.3) is 0 Å². The maximum Gasteiger partial charge on any atom is 0.139 e. The molecule has 1 saturated heterocycles. The Morgan fingerprint density at radius 3 is 2.95 bits per heavy atom. The minimum absolute atomic E-state index is 0.128. The molecule has 3 rings (SSSR count). The van der Waals surface area contributed by atoms with Crippen LogP contribution in [0.5, 0.6) is 0 Å². The van der Waals surface area contributed by atoms with E-state index in [2.05, 4.69) is 35.6 Å². The van der Waals surface area contributed by atoms with Gasteiger partial charge in [-0.25, -0.2) is 4.98 Å². The first-order chi connectivity index (χ1) is 9.69. The molecule has 0 spiro atoms. The number of nitrogens with zero attached hydrogens (tertiary/aromatic N) is 2. The average molecular weight is 277 g/mol. The number of aryl methyl sites for hydroxylation is 1. The van der Waals surface area contributed by atoms with E-state index in [-0.39, 0.29) is 6.10 Å². The van der Waals surface area contributed by atoms with Gasteiger partial charge in [-0.1, -0.05) is 13.8 Å². The summed E-state index contributed by atoms with van der Waals surface area (Å²) in [6.07, 6.45) is 7.81. The third-order valence-corrected chi connectivity index (χ3v) is 5.00. The van der Waals surface area contributed by atoms with Crippen LogP contribution in [-0.2, 0) is 11.3 Å². The van der Waals surface area contributed by atoms with Crippen LogP contribution in [0.1, 0.15) is 52.0 Å². The molecule has 1 aromatic rings. The molecule has 1 aliphatic heterocycles. The normalized spacial score (nSPS) is 33.6. The Balaban J connectivity index is 1.60. The van der Waals surface area contributed by atoms with E-state index in [1.165, 1.54) is 12.8 Å². The van der Waals surface area contributed by atoms with E-state index in [0.29, 0.717) is 12.1 Å². The van der Waals surface area contributed by atoms with Gasteiger partial charge in [-0.2, -0.15) is 0 Å². The van der Waals surface area contributed by atoms with Crippen LogP contribution >= 0.6 is 0 Å². The molecular formula is C16H27N3O. The maximum absolute atomic E-state index is 5.95. The standard InChI is InChI=1S/C16H27N3O/c1-4-19-7-6-17-16(19)15-14(5-8-20-15)18-13-9-12(10-13)11(2)3/h6-7,11-15,18H,4-5,8-10H2,1-3H3/t12?,13?,14-,15-/m0/s1. The van der Waals surface area contributed by atoms with E-state index in [1.54, 1.807) is 0 Å². The minimum atomic E-state index is 0.128. The molecule has 4 heteroatoms. The first-order valence-corrected chi connectivity index (χ1v) is 8.07. The Morgan fingerprint density at radius 1 is 1.45 bits per heavy atom. The van der Waals surface area contributed by atoms with Crippen molar-refractivity contribution in [2.24, 2.45) is 11.8 Å². The molecule has 0 amide bonds. The lowest BCUT2D eigenvalue weighted by Gasteiger charge is -2.40. The van der Waals surface area contributed by atoms with Gasteiger partial charge in [-0.05, 0) is 38.0 Å². The molecule has 0 bridgehead atoms. The molecule has 0 unspecified atom stereocenters. The summed E-state index contributed by atoms with van der Waals surface area (Å²) < 4.78 is 8.15. The predicted molar refractivity (Wildman–Crippen MR) is 79.5 cm³/mol. The van der Waals surface area contributed by atoms with Crippen molar-refractivity contribution in [3.8, 4) is 0 Å². The van der Waals surface area contributed by atoms with Crippen LogP contribution in [0.4, 0.5) is 0 Å². The van der Waals surface area contributed by atoms with Gasteiger partial charge in [0, 0.05) is 37.6 Å². The molecule has 2 heterocycles. The molecule has 4 nitrogen and oxygen atoms in total. The summed E-state index contributed by atoms with van der Waals surface area (Å²) >= 11 is 0. The highest BCUT2D eigenvalue weighted by molar-refractivity contribution is 5.04. The lowest BCUT2D eigenvalue weighted by atomic mass is 9.73. The van der Waals surface area contributed by atoms with Crippen molar-refractivity contribution in [2.45, 2.75) is 64.8 Å². The van der Waals surface area contributed by atoms with Crippen molar-refractivity contribution >= 4 is 0 Å². The van der Waals surface area contributed by atoms with Gasteiger partial charge in [-0.15, -0.1) is 0 Å². The van der Waals surface area contributed by atoms with Gasteiger partial charge in [0.05, 0.1) is 0 Å². The second-order valence-corrected chi connectivity index (χ2v) is 6.60. The van der Waals surface area contributed by atoms with E-state index in [1.807, 2.05) is 12.4 Å². The molecule has 1 aromatic heterocycles. The van der Waals surface area contributed by atoms with E-state index < -0.39 is 0 Å². The molecule has 2 aliphatic rings. The van der Waals surface area contributed by atoms with Crippen LogP contribution < -0.4 is 5.32 Å². The molecule has 0 radical (unpaired) electrons. The summed E-state index contributed by atoms with van der Waals surface area (Å²) in [6.45, 7) is 8.63. The second kappa shape index (κ2) is 5.86. The van der Waals surface area contributed by atoms with Gasteiger partial charge in [0.25, 0.3) is 0 Å². The second-order valence-electron chi connectivity index (χ2n) is 6.60. The molecule has 1 N–H and O–H groups in total. The highest BCUT2D eigenvalue weighted by Crippen LogP contribution is 2.36. The number of hydrogen-bond donors (Lipinski definition) is 1. The van der Waals surface area contributed by atoms with Crippen molar-refractivity contribution in [2.75, 3.05) is 6.61 Å². The average Bonchev–Trinajstić information content (AvgIpc) is 3.00. The van der Waals surface area contributed by atoms with Gasteiger partial charge in [-0.3, -0.25) is 0 Å². The van der Waals surface area contributed by atoms with Gasteiger partial charge >= 0.3 is 0 Å². The van der Waals surface area contributed by atoms with Gasteiger partial charge in [0.2, 0.25) is 0 Å². The fraction of sp³-hybridized carbons (Fsp3) is 0.812. The Bertz CT molecular complexity index is 437. The third-order valence-electron chi connectivity index (χ3n) is 5.00. The van der Waals surface area contributed by atoms with E-state index >= 15 is 0 Å². The first kappa shape index (κ1) is 14.1. The van der Waals surface area contributed by atoms with Gasteiger partial charge < -0.3 is 14.6 Å². The topological polar surface area (TPSA) is 39.1 Å². The van der Waals surface area contributed by atoms with Crippen molar-refractivity contribution in [1.29, 1.82) is 0 Å². The molecule has 1 saturated carbocycles. The summed E-state index contributed by atoms with van der Waals surface area (Å²) in [7, 11) is 0. The zero-order valence-corrected chi connectivity index (χ0v) is 12.9. The quantitative estimate of drug-likeness (QED) is 0.899. The lowest BCUT2D eigenvalue weighted by molar-refractivity contribution is 0.0756. The smallest absolute Gasteiger partial charge is 0.139 e. The molecule has 20 heavy (non-hydrogen) atoms. The molecule has 2 atom stereocenters. The zero-order chi connectivity index (χ0) is 14.1. The third kappa shape index (κ3) is 2.63. The number of rotatable bonds is 5. The Morgan fingerprint density at radius 2 is 2.25 bits per heavy atom.